The Bertz CT molecular complexity index is 664. The molecule has 7 nitrogen and oxygen atoms in total. The van der Waals surface area contributed by atoms with Gasteiger partial charge in [-0.3, -0.25) is 14.6 Å². The van der Waals surface area contributed by atoms with Crippen molar-refractivity contribution in [3.05, 3.63) is 24.3 Å². The molecule has 148 valence electrons. The van der Waals surface area contributed by atoms with E-state index in [1.807, 2.05) is 26.0 Å². The largest absolute Gasteiger partial charge is 0.497 e. The second-order valence-electron chi connectivity index (χ2n) is 7.92. The molecule has 1 aromatic rings. The van der Waals surface area contributed by atoms with Crippen LogP contribution in [0, 0.1) is 0 Å². The number of rotatable bonds is 6. The van der Waals surface area contributed by atoms with Crippen LogP contribution in [0.3, 0.4) is 0 Å². The lowest BCUT2D eigenvalue weighted by Crippen LogP contribution is -2.59. The second kappa shape index (κ2) is 8.17. The third kappa shape index (κ3) is 4.91. The van der Waals surface area contributed by atoms with Gasteiger partial charge in [0.05, 0.1) is 7.11 Å². The van der Waals surface area contributed by atoms with Gasteiger partial charge in [0, 0.05) is 56.4 Å². The van der Waals surface area contributed by atoms with E-state index in [1.165, 1.54) is 10.6 Å². The molecule has 1 aromatic carbocycles. The Labute approximate surface area is 161 Å². The van der Waals surface area contributed by atoms with Gasteiger partial charge in [-0.15, -0.1) is 0 Å². The minimum absolute atomic E-state index is 0.0772. The Balaban J connectivity index is 1.42. The maximum atomic E-state index is 12.2. The highest BCUT2D eigenvalue weighted by molar-refractivity contribution is 5.97. The molecule has 2 saturated heterocycles. The van der Waals surface area contributed by atoms with E-state index in [4.69, 9.17) is 4.74 Å². The van der Waals surface area contributed by atoms with Gasteiger partial charge in [-0.2, -0.15) is 0 Å². The first kappa shape index (κ1) is 19.5. The van der Waals surface area contributed by atoms with Gasteiger partial charge in [-0.1, -0.05) is 6.07 Å². The average molecular weight is 374 g/mol. The maximum absolute atomic E-state index is 12.2. The second-order valence-corrected chi connectivity index (χ2v) is 7.92. The summed E-state index contributed by atoms with van der Waals surface area (Å²) < 4.78 is 5.31. The van der Waals surface area contributed by atoms with Crippen LogP contribution in [-0.4, -0.2) is 73.7 Å². The van der Waals surface area contributed by atoms with E-state index in [0.717, 1.165) is 44.9 Å². The third-order valence-electron chi connectivity index (χ3n) is 5.23. The molecule has 27 heavy (non-hydrogen) atoms. The molecule has 3 rings (SSSR count). The zero-order chi connectivity index (χ0) is 19.4. The van der Waals surface area contributed by atoms with Crippen LogP contribution in [0.2, 0.25) is 0 Å². The Morgan fingerprint density at radius 1 is 1.11 bits per heavy atom. The van der Waals surface area contributed by atoms with E-state index in [-0.39, 0.29) is 11.9 Å². The predicted molar refractivity (Wildman–Crippen MR) is 105 cm³/mol. The number of amides is 3. The Morgan fingerprint density at radius 2 is 1.85 bits per heavy atom. The van der Waals surface area contributed by atoms with Crippen molar-refractivity contribution in [1.82, 2.24) is 15.1 Å². The summed E-state index contributed by atoms with van der Waals surface area (Å²) >= 11 is 0. The molecule has 0 aliphatic carbocycles. The summed E-state index contributed by atoms with van der Waals surface area (Å²) in [7, 11) is 1.69. The summed E-state index contributed by atoms with van der Waals surface area (Å²) in [5, 5.41) is 2.89. The number of benzene rings is 1. The molecular weight excluding hydrogens is 344 g/mol. The zero-order valence-electron chi connectivity index (χ0n) is 16.5. The van der Waals surface area contributed by atoms with Crippen LogP contribution >= 0.6 is 0 Å². The lowest BCUT2D eigenvalue weighted by atomic mass is 9.98. The molecule has 2 fully saturated rings. The first-order valence-electron chi connectivity index (χ1n) is 9.62. The highest BCUT2D eigenvalue weighted by Crippen LogP contribution is 2.22. The number of imide groups is 1. The molecule has 0 spiro atoms. The minimum atomic E-state index is -0.443. The van der Waals surface area contributed by atoms with Gasteiger partial charge in [0.15, 0.2) is 0 Å². The Morgan fingerprint density at radius 3 is 2.52 bits per heavy atom. The van der Waals surface area contributed by atoms with Crippen molar-refractivity contribution in [2.24, 2.45) is 0 Å². The normalized spacial score (nSPS) is 20.6. The molecular formula is C20H30N4O3. The van der Waals surface area contributed by atoms with Crippen molar-refractivity contribution < 1.29 is 14.3 Å². The number of piperazine rings is 1. The average Bonchev–Trinajstić information content (AvgIpc) is 2.63. The van der Waals surface area contributed by atoms with E-state index in [9.17, 15) is 9.59 Å². The van der Waals surface area contributed by atoms with Crippen molar-refractivity contribution in [3.8, 4) is 5.75 Å². The molecule has 1 N–H and O–H groups in total. The van der Waals surface area contributed by atoms with Crippen LogP contribution in [0.25, 0.3) is 0 Å². The van der Waals surface area contributed by atoms with Crippen LogP contribution in [0.15, 0.2) is 24.3 Å². The van der Waals surface area contributed by atoms with Crippen molar-refractivity contribution in [2.75, 3.05) is 51.3 Å². The van der Waals surface area contributed by atoms with E-state index < -0.39 is 5.54 Å². The molecule has 2 heterocycles. The Hall–Kier alpha value is -2.28. The number of nitrogens with zero attached hydrogens (tertiary/aromatic N) is 3. The smallest absolute Gasteiger partial charge is 0.324 e. The van der Waals surface area contributed by atoms with Crippen LogP contribution in [0.5, 0.6) is 5.75 Å². The standard InChI is InChI=1S/C20H30N4O3/c1-20(2)15-18(25)24(19(26)21-20)9-5-8-22-10-12-23(13-11-22)16-6-4-7-17(14-16)27-3/h4,6-7,14H,5,8-13,15H2,1-3H3,(H,21,26). The first-order chi connectivity index (χ1) is 12.9. The molecule has 2 aliphatic heterocycles. The third-order valence-corrected chi connectivity index (χ3v) is 5.23. The molecule has 2 aliphatic rings. The maximum Gasteiger partial charge on any atom is 0.324 e. The van der Waals surface area contributed by atoms with Crippen molar-refractivity contribution in [3.63, 3.8) is 0 Å². The van der Waals surface area contributed by atoms with Gasteiger partial charge in [-0.25, -0.2) is 4.79 Å². The number of hydrogen-bond acceptors (Lipinski definition) is 5. The number of hydrogen-bond donors (Lipinski definition) is 1. The Kier molecular flexibility index (Phi) is 5.89. The minimum Gasteiger partial charge on any atom is -0.497 e. The van der Waals surface area contributed by atoms with E-state index in [2.05, 4.69) is 27.2 Å². The van der Waals surface area contributed by atoms with Gasteiger partial charge in [0.1, 0.15) is 5.75 Å². The van der Waals surface area contributed by atoms with E-state index in [0.29, 0.717) is 13.0 Å². The lowest BCUT2D eigenvalue weighted by molar-refractivity contribution is -0.131. The molecule has 3 amide bonds. The summed E-state index contributed by atoms with van der Waals surface area (Å²) in [5.41, 5.74) is 0.744. The molecule has 0 unspecified atom stereocenters. The molecule has 7 heteroatoms. The topological polar surface area (TPSA) is 65.1 Å². The fourth-order valence-electron chi connectivity index (χ4n) is 3.70. The fraction of sp³-hybridized carbons (Fsp3) is 0.600. The summed E-state index contributed by atoms with van der Waals surface area (Å²) in [6, 6.07) is 7.89. The van der Waals surface area contributed by atoms with Gasteiger partial charge in [0.2, 0.25) is 5.91 Å². The summed E-state index contributed by atoms with van der Waals surface area (Å²) in [5.74, 6) is 0.800. The number of nitrogens with one attached hydrogen (secondary N) is 1. The van der Waals surface area contributed by atoms with Crippen LogP contribution in [0.1, 0.15) is 26.7 Å². The number of methoxy groups -OCH3 is 1. The quantitative estimate of drug-likeness (QED) is 0.824. The van der Waals surface area contributed by atoms with Gasteiger partial charge < -0.3 is 15.0 Å². The van der Waals surface area contributed by atoms with Gasteiger partial charge in [-0.05, 0) is 38.9 Å². The van der Waals surface area contributed by atoms with Crippen LogP contribution < -0.4 is 15.0 Å². The number of urea groups is 1. The highest BCUT2D eigenvalue weighted by Gasteiger charge is 2.36. The zero-order valence-corrected chi connectivity index (χ0v) is 16.5. The van der Waals surface area contributed by atoms with Crippen LogP contribution in [0.4, 0.5) is 10.5 Å². The van der Waals surface area contributed by atoms with E-state index >= 15 is 0 Å². The molecule has 0 aromatic heterocycles. The summed E-state index contributed by atoms with van der Waals surface area (Å²) in [6.45, 7) is 9.01. The van der Waals surface area contributed by atoms with Gasteiger partial charge in [0.25, 0.3) is 0 Å². The number of ether oxygens (including phenoxy) is 1. The predicted octanol–water partition coefficient (Wildman–Crippen LogP) is 1.93. The highest BCUT2D eigenvalue weighted by atomic mass is 16.5. The monoisotopic (exact) mass is 374 g/mol. The van der Waals surface area contributed by atoms with Crippen molar-refractivity contribution in [2.45, 2.75) is 32.2 Å². The van der Waals surface area contributed by atoms with Crippen LogP contribution in [-0.2, 0) is 4.79 Å². The SMILES string of the molecule is COc1cccc(N2CCN(CCCN3C(=O)CC(C)(C)NC3=O)CC2)c1. The number of carbonyl (C=O) groups excluding carboxylic acids is 2. The number of anilines is 1. The fourth-order valence-corrected chi connectivity index (χ4v) is 3.70. The first-order valence-corrected chi connectivity index (χ1v) is 9.62. The molecule has 0 bridgehead atoms. The van der Waals surface area contributed by atoms with Gasteiger partial charge >= 0.3 is 6.03 Å². The number of carbonyl (C=O) groups is 2. The summed E-state index contributed by atoms with van der Waals surface area (Å²) in [6.07, 6.45) is 1.16. The van der Waals surface area contributed by atoms with Crippen molar-refractivity contribution in [1.29, 1.82) is 0 Å². The molecule has 0 atom stereocenters. The lowest BCUT2D eigenvalue weighted by Gasteiger charge is -2.38. The van der Waals surface area contributed by atoms with Crippen molar-refractivity contribution >= 4 is 17.6 Å². The van der Waals surface area contributed by atoms with E-state index in [1.54, 1.807) is 7.11 Å². The molecule has 0 radical (unpaired) electrons. The summed E-state index contributed by atoms with van der Waals surface area (Å²) in [4.78, 5) is 30.4. The molecule has 0 saturated carbocycles.